The Bertz CT molecular complexity index is 1040. The largest absolute Gasteiger partial charge is 0.376 e. The van der Waals surface area contributed by atoms with Crippen molar-refractivity contribution in [2.45, 2.75) is 33.0 Å². The van der Waals surface area contributed by atoms with E-state index in [1.165, 1.54) is 0 Å². The van der Waals surface area contributed by atoms with Gasteiger partial charge in [-0.2, -0.15) is 5.10 Å². The van der Waals surface area contributed by atoms with E-state index in [1.807, 2.05) is 31.0 Å². The predicted molar refractivity (Wildman–Crippen MR) is 117 cm³/mol. The average molecular weight is 451 g/mol. The number of ether oxygens (including phenoxy) is 2. The number of aromatic amines is 1. The van der Waals surface area contributed by atoms with Crippen LogP contribution in [0.3, 0.4) is 0 Å². The molecule has 1 atom stereocenters. The summed E-state index contributed by atoms with van der Waals surface area (Å²) in [4.78, 5) is 14.8. The van der Waals surface area contributed by atoms with Gasteiger partial charge in [0.2, 0.25) is 0 Å². The van der Waals surface area contributed by atoms with E-state index in [1.54, 1.807) is 12.3 Å². The molecule has 2 aliphatic heterocycles. The van der Waals surface area contributed by atoms with Gasteiger partial charge in [-0.3, -0.25) is 9.89 Å². The summed E-state index contributed by atoms with van der Waals surface area (Å²) >= 11 is 12.9. The van der Waals surface area contributed by atoms with E-state index in [2.05, 4.69) is 14.8 Å². The van der Waals surface area contributed by atoms with Crippen LogP contribution in [0.2, 0.25) is 10.0 Å². The molecule has 5 rings (SSSR count). The van der Waals surface area contributed by atoms with E-state index in [9.17, 15) is 4.79 Å². The smallest absolute Gasteiger partial charge is 0.254 e. The molecule has 1 fully saturated rings. The molecule has 1 aromatic carbocycles. The van der Waals surface area contributed by atoms with Gasteiger partial charge in [0.1, 0.15) is 0 Å². The number of rotatable bonds is 2. The number of nitrogens with one attached hydrogen (secondary N) is 1. The number of amides is 1. The van der Waals surface area contributed by atoms with Crippen molar-refractivity contribution in [2.75, 3.05) is 26.4 Å². The number of halogens is 2. The highest BCUT2D eigenvalue weighted by atomic mass is 35.5. The third-order valence-electron chi connectivity index (χ3n) is 5.35. The second-order valence-electron chi connectivity index (χ2n) is 6.91. The topological polar surface area (TPSA) is 72.4 Å². The molecule has 1 amide bonds. The second kappa shape index (κ2) is 8.98. The monoisotopic (exact) mass is 450 g/mol. The minimum atomic E-state index is -0.542. The molecule has 0 saturated carbocycles. The van der Waals surface area contributed by atoms with Crippen LogP contribution >= 0.6 is 23.2 Å². The molecule has 3 aromatic rings. The first-order chi connectivity index (χ1) is 14.6. The summed E-state index contributed by atoms with van der Waals surface area (Å²) in [6, 6.07) is 3.78. The fourth-order valence-electron chi connectivity index (χ4n) is 4.05. The zero-order valence-electron chi connectivity index (χ0n) is 17.0. The highest BCUT2D eigenvalue weighted by Gasteiger charge is 2.33. The molecule has 1 saturated heterocycles. The summed E-state index contributed by atoms with van der Waals surface area (Å²) < 4.78 is 13.2. The molecule has 2 aliphatic rings. The SMILES string of the molecule is CC.O=C(C1COCCO1)N1CCn2c(c(-c3cn[nH]c3)c3ccc(Cl)c(Cl)c32)C1. The lowest BCUT2D eigenvalue weighted by molar-refractivity contribution is -0.159. The van der Waals surface area contributed by atoms with E-state index in [0.29, 0.717) is 49.5 Å². The molecule has 0 radical (unpaired) electrons. The number of benzene rings is 1. The van der Waals surface area contributed by atoms with Gasteiger partial charge in [-0.05, 0) is 6.07 Å². The van der Waals surface area contributed by atoms with Crippen molar-refractivity contribution in [3.05, 3.63) is 40.3 Å². The molecule has 1 N–H and O–H groups in total. The lowest BCUT2D eigenvalue weighted by Gasteiger charge is -2.33. The number of nitrogens with zero attached hydrogens (tertiary/aromatic N) is 3. The summed E-state index contributed by atoms with van der Waals surface area (Å²) in [6.07, 6.45) is 3.08. The molecular formula is C21H24Cl2N4O3. The van der Waals surface area contributed by atoms with Crippen molar-refractivity contribution in [3.8, 4) is 11.1 Å². The van der Waals surface area contributed by atoms with Crippen LogP contribution in [0.5, 0.6) is 0 Å². The number of H-pyrrole nitrogens is 1. The highest BCUT2D eigenvalue weighted by Crippen LogP contribution is 2.42. The number of hydrogen-bond acceptors (Lipinski definition) is 4. The van der Waals surface area contributed by atoms with Crippen LogP contribution in [-0.4, -0.2) is 58.0 Å². The summed E-state index contributed by atoms with van der Waals surface area (Å²) in [7, 11) is 0. The summed E-state index contributed by atoms with van der Waals surface area (Å²) in [5, 5.41) is 8.99. The zero-order chi connectivity index (χ0) is 21.3. The second-order valence-corrected chi connectivity index (χ2v) is 7.70. The Balaban J connectivity index is 0.00000106. The van der Waals surface area contributed by atoms with Crippen molar-refractivity contribution in [2.24, 2.45) is 0 Å². The fourth-order valence-corrected chi connectivity index (χ4v) is 4.47. The number of fused-ring (bicyclic) bond motifs is 3. The van der Waals surface area contributed by atoms with Crippen molar-refractivity contribution in [1.82, 2.24) is 19.7 Å². The molecule has 160 valence electrons. The Hall–Kier alpha value is -2.06. The van der Waals surface area contributed by atoms with Gasteiger partial charge in [-0.1, -0.05) is 43.1 Å². The average Bonchev–Trinajstić information content (AvgIpc) is 3.43. The van der Waals surface area contributed by atoms with Gasteiger partial charge in [0, 0.05) is 41.5 Å². The Kier molecular flexibility index (Phi) is 6.34. The van der Waals surface area contributed by atoms with Crippen LogP contribution in [0.1, 0.15) is 19.5 Å². The third kappa shape index (κ3) is 3.60. The number of aromatic nitrogens is 3. The lowest BCUT2D eigenvalue weighted by atomic mass is 10.0. The standard InChI is InChI=1S/C19H18Cl2N4O3.C2H6/c20-13-2-1-12-16(11-7-22-23-8-11)14-9-24(3-4-25(14)18(12)17(13)21)19(26)15-10-27-5-6-28-15;1-2/h1-2,7-8,15H,3-6,9-10H2,(H,22,23);1-2H3. The molecule has 4 heterocycles. The molecular weight excluding hydrogens is 427 g/mol. The van der Waals surface area contributed by atoms with Gasteiger partial charge in [-0.25, -0.2) is 0 Å². The van der Waals surface area contributed by atoms with Gasteiger partial charge in [-0.15, -0.1) is 0 Å². The first-order valence-electron chi connectivity index (χ1n) is 10.1. The molecule has 0 aliphatic carbocycles. The van der Waals surface area contributed by atoms with Crippen molar-refractivity contribution in [3.63, 3.8) is 0 Å². The maximum Gasteiger partial charge on any atom is 0.254 e. The van der Waals surface area contributed by atoms with Crippen LogP contribution in [0, 0.1) is 0 Å². The zero-order valence-corrected chi connectivity index (χ0v) is 18.5. The Labute approximate surface area is 184 Å². The highest BCUT2D eigenvalue weighted by molar-refractivity contribution is 6.45. The van der Waals surface area contributed by atoms with Gasteiger partial charge >= 0.3 is 0 Å². The van der Waals surface area contributed by atoms with Crippen molar-refractivity contribution in [1.29, 1.82) is 0 Å². The van der Waals surface area contributed by atoms with E-state index in [4.69, 9.17) is 32.7 Å². The predicted octanol–water partition coefficient (Wildman–Crippen LogP) is 4.12. The van der Waals surface area contributed by atoms with E-state index in [0.717, 1.165) is 27.7 Å². The number of hydrogen-bond donors (Lipinski definition) is 1. The first-order valence-corrected chi connectivity index (χ1v) is 10.9. The lowest BCUT2D eigenvalue weighted by Crippen LogP contribution is -2.47. The maximum absolute atomic E-state index is 12.9. The van der Waals surface area contributed by atoms with Gasteiger partial charge in [0.15, 0.2) is 6.10 Å². The van der Waals surface area contributed by atoms with Crippen LogP contribution in [-0.2, 0) is 27.4 Å². The van der Waals surface area contributed by atoms with Crippen LogP contribution < -0.4 is 0 Å². The molecule has 1 unspecified atom stereocenters. The molecule has 2 aromatic heterocycles. The minimum Gasteiger partial charge on any atom is -0.376 e. The van der Waals surface area contributed by atoms with Crippen molar-refractivity contribution < 1.29 is 14.3 Å². The van der Waals surface area contributed by atoms with Crippen LogP contribution in [0.25, 0.3) is 22.0 Å². The summed E-state index contributed by atoms with van der Waals surface area (Å²) in [5.41, 5.74) is 3.87. The molecule has 0 spiro atoms. The quantitative estimate of drug-likeness (QED) is 0.636. The minimum absolute atomic E-state index is 0.0431. The van der Waals surface area contributed by atoms with E-state index >= 15 is 0 Å². The molecule has 0 bridgehead atoms. The van der Waals surface area contributed by atoms with Crippen LogP contribution in [0.15, 0.2) is 24.5 Å². The number of carbonyl (C=O) groups is 1. The third-order valence-corrected chi connectivity index (χ3v) is 6.14. The van der Waals surface area contributed by atoms with Gasteiger partial charge in [0.05, 0.1) is 48.1 Å². The van der Waals surface area contributed by atoms with E-state index < -0.39 is 6.10 Å². The van der Waals surface area contributed by atoms with E-state index in [-0.39, 0.29) is 5.91 Å². The summed E-state index contributed by atoms with van der Waals surface area (Å²) in [6.45, 7) is 6.93. The van der Waals surface area contributed by atoms with Crippen LogP contribution in [0.4, 0.5) is 0 Å². The first kappa shape index (κ1) is 21.2. The molecule has 7 nitrogen and oxygen atoms in total. The maximum atomic E-state index is 12.9. The Morgan fingerprint density at radius 2 is 2.07 bits per heavy atom. The van der Waals surface area contributed by atoms with Crippen molar-refractivity contribution >= 4 is 40.0 Å². The fraction of sp³-hybridized carbons (Fsp3) is 0.429. The summed E-state index contributed by atoms with van der Waals surface area (Å²) in [5.74, 6) is -0.0431. The normalized spacial score (nSPS) is 18.7. The molecule has 9 heteroatoms. The Morgan fingerprint density at radius 3 is 2.77 bits per heavy atom. The Morgan fingerprint density at radius 1 is 1.23 bits per heavy atom. The van der Waals surface area contributed by atoms with Gasteiger partial charge < -0.3 is 18.9 Å². The number of carbonyl (C=O) groups excluding carboxylic acids is 1. The molecule has 30 heavy (non-hydrogen) atoms. The van der Waals surface area contributed by atoms with Gasteiger partial charge in [0.25, 0.3) is 5.91 Å².